The average molecular weight is 191 g/mol. The van der Waals surface area contributed by atoms with Crippen molar-refractivity contribution in [3.05, 3.63) is 0 Å². The summed E-state index contributed by atoms with van der Waals surface area (Å²) in [4.78, 5) is 9.69. The van der Waals surface area contributed by atoms with Gasteiger partial charge >= 0.3 is 0 Å². The fraction of sp³-hybridized carbons (Fsp3) is 0.667. The van der Waals surface area contributed by atoms with Gasteiger partial charge in [-0.25, -0.2) is 0 Å². The Kier molecular flexibility index (Phi) is 3.58. The molecule has 0 spiro atoms. The molecule has 0 aliphatic carbocycles. The second-order valence-corrected chi connectivity index (χ2v) is 3.67. The van der Waals surface area contributed by atoms with Crippen molar-refractivity contribution in [1.29, 1.82) is 0 Å². The first-order chi connectivity index (χ1) is 3.98. The molecule has 0 bridgehead atoms. The molecule has 0 aromatic rings. The molecule has 0 unspecified atom stereocenters. The minimum atomic E-state index is -1.64. The van der Waals surface area contributed by atoms with Crippen LogP contribution in [0.1, 0.15) is 0 Å². The summed E-state index contributed by atoms with van der Waals surface area (Å²) in [5, 5.41) is 2.09. The van der Waals surface area contributed by atoms with E-state index in [1.54, 1.807) is 0 Å². The van der Waals surface area contributed by atoms with Crippen LogP contribution in [0.25, 0.3) is 0 Å². The van der Waals surface area contributed by atoms with Crippen molar-refractivity contribution < 1.29 is 4.79 Å². The van der Waals surface area contributed by atoms with E-state index in [0.29, 0.717) is 6.41 Å². The van der Waals surface area contributed by atoms with Gasteiger partial charge in [-0.15, -0.1) is 0 Å². The van der Waals surface area contributed by atoms with Crippen LogP contribution in [0.5, 0.6) is 0 Å². The maximum absolute atomic E-state index is 9.69. The summed E-state index contributed by atoms with van der Waals surface area (Å²) in [6, 6.07) is 0. The molecule has 0 rings (SSSR count). The lowest BCUT2D eigenvalue weighted by atomic mass is 10.6. The third-order valence-electron chi connectivity index (χ3n) is 0.600. The highest BCUT2D eigenvalue weighted by Crippen LogP contribution is 2.27. The molecule has 0 aliphatic heterocycles. The number of carbonyl (C=O) groups is 1. The SMILES string of the molecule is N[C@@H](NC=O)C(Cl)(Cl)Cl. The van der Waals surface area contributed by atoms with Crippen molar-refractivity contribution in [2.75, 3.05) is 0 Å². The van der Waals surface area contributed by atoms with E-state index in [0.717, 1.165) is 0 Å². The Morgan fingerprint density at radius 3 is 2.11 bits per heavy atom. The highest BCUT2D eigenvalue weighted by Gasteiger charge is 2.28. The highest BCUT2D eigenvalue weighted by atomic mass is 35.6. The van der Waals surface area contributed by atoms with Crippen molar-refractivity contribution in [3.63, 3.8) is 0 Å². The molecule has 0 saturated carbocycles. The van der Waals surface area contributed by atoms with Crippen LogP contribution in [0, 0.1) is 0 Å². The maximum atomic E-state index is 9.69. The van der Waals surface area contributed by atoms with Gasteiger partial charge in [0.25, 0.3) is 0 Å². The summed E-state index contributed by atoms with van der Waals surface area (Å²) in [7, 11) is 0. The van der Waals surface area contributed by atoms with E-state index in [2.05, 4.69) is 5.32 Å². The number of alkyl halides is 3. The molecule has 54 valence electrons. The zero-order chi connectivity index (χ0) is 7.49. The van der Waals surface area contributed by atoms with Crippen molar-refractivity contribution in [1.82, 2.24) is 5.32 Å². The third-order valence-corrected chi connectivity index (χ3v) is 1.31. The lowest BCUT2D eigenvalue weighted by Crippen LogP contribution is -2.46. The molecule has 3 nitrogen and oxygen atoms in total. The number of hydrogen-bond acceptors (Lipinski definition) is 2. The molecule has 0 radical (unpaired) electrons. The molecule has 9 heavy (non-hydrogen) atoms. The number of nitrogens with two attached hydrogens (primary N) is 1. The van der Waals surface area contributed by atoms with Gasteiger partial charge in [-0.1, -0.05) is 34.8 Å². The number of carbonyl (C=O) groups excluding carboxylic acids is 1. The molecule has 0 heterocycles. The Labute approximate surface area is 67.4 Å². The predicted octanol–water partition coefficient (Wildman–Crippen LogP) is 0.387. The van der Waals surface area contributed by atoms with E-state index in [1.807, 2.05) is 0 Å². The zero-order valence-corrected chi connectivity index (χ0v) is 6.54. The van der Waals surface area contributed by atoms with Gasteiger partial charge in [-0.2, -0.15) is 0 Å². The number of hydrogen-bond donors (Lipinski definition) is 2. The molecule has 0 fully saturated rings. The highest BCUT2D eigenvalue weighted by molar-refractivity contribution is 6.68. The number of rotatable bonds is 2. The molecule has 0 aromatic heterocycles. The van der Waals surface area contributed by atoms with Gasteiger partial charge in [0.15, 0.2) is 0 Å². The van der Waals surface area contributed by atoms with E-state index in [9.17, 15) is 4.79 Å². The second-order valence-electron chi connectivity index (χ2n) is 1.30. The standard InChI is InChI=1S/C3H5Cl3N2O/c4-3(5,6)2(7)8-1-9/h1-2H,7H2,(H,8,9)/t2-/m0/s1. The van der Waals surface area contributed by atoms with Crippen molar-refractivity contribution in [2.45, 2.75) is 9.96 Å². The minimum absolute atomic E-state index is 0.368. The summed E-state index contributed by atoms with van der Waals surface area (Å²) in [5.41, 5.74) is 5.12. The molecule has 0 saturated heterocycles. The van der Waals surface area contributed by atoms with E-state index in [4.69, 9.17) is 40.5 Å². The van der Waals surface area contributed by atoms with Crippen LogP contribution < -0.4 is 11.1 Å². The first-order valence-corrected chi connectivity index (χ1v) is 3.14. The maximum Gasteiger partial charge on any atom is 0.223 e. The number of halogens is 3. The van der Waals surface area contributed by atoms with Crippen LogP contribution >= 0.6 is 34.8 Å². The van der Waals surface area contributed by atoms with Crippen LogP contribution in [0.4, 0.5) is 0 Å². The molecule has 1 amide bonds. The van der Waals surface area contributed by atoms with Crippen LogP contribution in [0.2, 0.25) is 0 Å². The van der Waals surface area contributed by atoms with Gasteiger partial charge in [0, 0.05) is 0 Å². The van der Waals surface area contributed by atoms with Gasteiger partial charge in [0.2, 0.25) is 10.2 Å². The average Bonchev–Trinajstić information content (AvgIpc) is 1.64. The molecular formula is C3H5Cl3N2O. The summed E-state index contributed by atoms with van der Waals surface area (Å²) >= 11 is 15.7. The number of amides is 1. The quantitative estimate of drug-likeness (QED) is 0.377. The van der Waals surface area contributed by atoms with Crippen molar-refractivity contribution in [2.24, 2.45) is 5.73 Å². The van der Waals surface area contributed by atoms with Crippen LogP contribution in [0.15, 0.2) is 0 Å². The monoisotopic (exact) mass is 190 g/mol. The first kappa shape index (κ1) is 9.30. The summed E-state index contributed by atoms with van der Waals surface area (Å²) in [6.07, 6.45) is -0.591. The van der Waals surface area contributed by atoms with Crippen molar-refractivity contribution >= 4 is 41.2 Å². The Morgan fingerprint density at radius 2 is 2.00 bits per heavy atom. The van der Waals surface area contributed by atoms with E-state index < -0.39 is 9.96 Å². The Bertz CT molecular complexity index is 102. The van der Waals surface area contributed by atoms with Gasteiger partial charge < -0.3 is 11.1 Å². The van der Waals surface area contributed by atoms with Crippen LogP contribution in [-0.4, -0.2) is 16.4 Å². The molecule has 0 aromatic carbocycles. The molecule has 3 N–H and O–H groups in total. The van der Waals surface area contributed by atoms with Gasteiger partial charge in [0.05, 0.1) is 0 Å². The third kappa shape index (κ3) is 3.81. The van der Waals surface area contributed by atoms with Crippen LogP contribution in [0.3, 0.4) is 0 Å². The molecule has 1 atom stereocenters. The lowest BCUT2D eigenvalue weighted by Gasteiger charge is -2.17. The predicted molar refractivity (Wildman–Crippen MR) is 37.5 cm³/mol. The summed E-state index contributed by atoms with van der Waals surface area (Å²) in [5.74, 6) is 0. The smallest absolute Gasteiger partial charge is 0.223 e. The zero-order valence-electron chi connectivity index (χ0n) is 4.27. The summed E-state index contributed by atoms with van der Waals surface area (Å²) < 4.78 is -1.64. The first-order valence-electron chi connectivity index (χ1n) is 2.00. The second kappa shape index (κ2) is 3.46. The van der Waals surface area contributed by atoms with Crippen molar-refractivity contribution in [3.8, 4) is 0 Å². The van der Waals surface area contributed by atoms with E-state index in [1.165, 1.54) is 0 Å². The summed E-state index contributed by atoms with van der Waals surface area (Å²) in [6.45, 7) is 0. The largest absolute Gasteiger partial charge is 0.339 e. The fourth-order valence-corrected chi connectivity index (χ4v) is 0.357. The Morgan fingerprint density at radius 1 is 1.56 bits per heavy atom. The molecule has 6 heteroatoms. The van der Waals surface area contributed by atoms with Gasteiger partial charge in [-0.3, -0.25) is 4.79 Å². The Balaban J connectivity index is 3.72. The fourth-order valence-electron chi connectivity index (χ4n) is 0.168. The van der Waals surface area contributed by atoms with E-state index in [-0.39, 0.29) is 0 Å². The molecule has 0 aliphatic rings. The van der Waals surface area contributed by atoms with Crippen LogP contribution in [-0.2, 0) is 4.79 Å². The van der Waals surface area contributed by atoms with E-state index >= 15 is 0 Å². The molecular weight excluding hydrogens is 186 g/mol. The number of nitrogens with one attached hydrogen (secondary N) is 1. The minimum Gasteiger partial charge on any atom is -0.339 e. The lowest BCUT2D eigenvalue weighted by molar-refractivity contribution is -0.110. The van der Waals surface area contributed by atoms with Gasteiger partial charge in [-0.05, 0) is 0 Å². The Hall–Kier alpha value is 0.300. The van der Waals surface area contributed by atoms with Gasteiger partial charge in [0.1, 0.15) is 6.17 Å². The topological polar surface area (TPSA) is 55.1 Å². The normalized spacial score (nSPS) is 14.7.